The van der Waals surface area contributed by atoms with Crippen LogP contribution in [0.5, 0.6) is 0 Å². The van der Waals surface area contributed by atoms with Gasteiger partial charge in [0.25, 0.3) is 10.1 Å². The Morgan fingerprint density at radius 2 is 1.77 bits per heavy atom. The molecule has 2 unspecified atom stereocenters. The zero-order valence-corrected chi connectivity index (χ0v) is 9.87. The predicted octanol–water partition coefficient (Wildman–Crippen LogP) is 2.46. The molecule has 0 aliphatic heterocycles. The van der Waals surface area contributed by atoms with Crippen molar-refractivity contribution in [3.8, 4) is 0 Å². The van der Waals surface area contributed by atoms with E-state index >= 15 is 0 Å². The van der Waals surface area contributed by atoms with E-state index in [9.17, 15) is 8.42 Å². The number of halogens is 3. The molecular formula is C6H11Cl3O3S. The third-order valence-electron chi connectivity index (χ3n) is 1.43. The van der Waals surface area contributed by atoms with Crippen molar-refractivity contribution in [1.29, 1.82) is 0 Å². The van der Waals surface area contributed by atoms with Gasteiger partial charge in [-0.25, -0.2) is 0 Å². The van der Waals surface area contributed by atoms with Crippen LogP contribution in [0, 0.1) is 0 Å². The van der Waals surface area contributed by atoms with Crippen molar-refractivity contribution in [3.63, 3.8) is 0 Å². The first-order valence-corrected chi connectivity index (χ1v) is 6.61. The molecule has 2 atom stereocenters. The molecule has 0 rings (SSSR count). The third-order valence-corrected chi connectivity index (χ3v) is 4.33. The lowest BCUT2D eigenvalue weighted by atomic mass is 10.2. The molecule has 0 amide bonds. The zero-order valence-electron chi connectivity index (χ0n) is 6.79. The molecule has 0 saturated heterocycles. The minimum atomic E-state index is -4.24. The maximum atomic E-state index is 10.5. The van der Waals surface area contributed by atoms with Crippen molar-refractivity contribution in [2.75, 3.05) is 5.88 Å². The molecule has 13 heavy (non-hydrogen) atoms. The van der Waals surface area contributed by atoms with E-state index in [1.165, 1.54) is 0 Å². The standard InChI is InChI=1S/C6H11Cl3O3S/c7-4-2-1-3-5(8)6(9)13(10,11)12/h5-6H,1-4H2,(H,10,11,12). The van der Waals surface area contributed by atoms with Gasteiger partial charge < -0.3 is 0 Å². The first-order valence-electron chi connectivity index (χ1n) is 3.70. The zero-order chi connectivity index (χ0) is 10.5. The van der Waals surface area contributed by atoms with Crippen LogP contribution < -0.4 is 0 Å². The quantitative estimate of drug-likeness (QED) is 0.458. The van der Waals surface area contributed by atoms with Gasteiger partial charge in [0.15, 0.2) is 4.71 Å². The van der Waals surface area contributed by atoms with Crippen molar-refractivity contribution in [2.45, 2.75) is 29.3 Å². The summed E-state index contributed by atoms with van der Waals surface area (Å²) >= 11 is 16.4. The van der Waals surface area contributed by atoms with Gasteiger partial charge >= 0.3 is 0 Å². The number of hydrogen-bond donors (Lipinski definition) is 1. The lowest BCUT2D eigenvalue weighted by Crippen LogP contribution is -2.24. The van der Waals surface area contributed by atoms with Crippen LogP contribution in [0.4, 0.5) is 0 Å². The highest BCUT2D eigenvalue weighted by molar-refractivity contribution is 7.87. The van der Waals surface area contributed by atoms with E-state index < -0.39 is 20.2 Å². The van der Waals surface area contributed by atoms with Gasteiger partial charge in [-0.05, 0) is 12.8 Å². The number of alkyl halides is 3. The van der Waals surface area contributed by atoms with Crippen LogP contribution in [0.3, 0.4) is 0 Å². The Balaban J connectivity index is 3.90. The Labute approximate surface area is 93.1 Å². The van der Waals surface area contributed by atoms with Crippen LogP contribution in [0.1, 0.15) is 19.3 Å². The van der Waals surface area contributed by atoms with E-state index in [0.717, 1.165) is 6.42 Å². The Hall–Kier alpha value is 0.780. The molecular weight excluding hydrogens is 258 g/mol. The van der Waals surface area contributed by atoms with E-state index in [1.54, 1.807) is 0 Å². The second-order valence-corrected chi connectivity index (χ2v) is 5.77. The Morgan fingerprint density at radius 1 is 1.23 bits per heavy atom. The highest BCUT2D eigenvalue weighted by atomic mass is 35.5. The van der Waals surface area contributed by atoms with E-state index in [0.29, 0.717) is 18.7 Å². The SMILES string of the molecule is O=S(=O)(O)C(Cl)C(Cl)CCCCCl. The lowest BCUT2D eigenvalue weighted by Gasteiger charge is -2.12. The number of rotatable bonds is 6. The second-order valence-electron chi connectivity index (χ2n) is 2.57. The average Bonchev–Trinajstić information content (AvgIpc) is 2.01. The summed E-state index contributed by atoms with van der Waals surface area (Å²) in [4.78, 5) is 0. The molecule has 0 radical (unpaired) electrons. The highest BCUT2D eigenvalue weighted by Gasteiger charge is 2.27. The fourth-order valence-corrected chi connectivity index (χ4v) is 2.12. The molecule has 3 nitrogen and oxygen atoms in total. The Kier molecular flexibility index (Phi) is 6.68. The summed E-state index contributed by atoms with van der Waals surface area (Å²) in [6, 6.07) is 0. The largest absolute Gasteiger partial charge is 0.284 e. The van der Waals surface area contributed by atoms with Crippen LogP contribution >= 0.6 is 34.8 Å². The molecule has 0 saturated carbocycles. The molecule has 0 aromatic carbocycles. The van der Waals surface area contributed by atoms with Crippen molar-refractivity contribution in [2.24, 2.45) is 0 Å². The Bertz CT molecular complexity index is 229. The van der Waals surface area contributed by atoms with Crippen molar-refractivity contribution in [1.82, 2.24) is 0 Å². The minimum Gasteiger partial charge on any atom is -0.284 e. The van der Waals surface area contributed by atoms with Crippen LogP contribution in [-0.2, 0) is 10.1 Å². The summed E-state index contributed by atoms with van der Waals surface area (Å²) in [6.07, 6.45) is 1.86. The normalized spacial score (nSPS) is 16.9. The summed E-state index contributed by atoms with van der Waals surface area (Å²) in [5, 5.41) is -0.778. The lowest BCUT2D eigenvalue weighted by molar-refractivity contribution is 0.475. The van der Waals surface area contributed by atoms with Crippen molar-refractivity contribution < 1.29 is 13.0 Å². The minimum absolute atomic E-state index is 0.419. The molecule has 0 spiro atoms. The summed E-state index contributed by atoms with van der Waals surface area (Å²) in [5.74, 6) is 0.502. The summed E-state index contributed by atoms with van der Waals surface area (Å²) in [7, 11) is -4.24. The molecule has 0 bridgehead atoms. The van der Waals surface area contributed by atoms with Gasteiger partial charge in [-0.2, -0.15) is 8.42 Å². The van der Waals surface area contributed by atoms with E-state index in [4.69, 9.17) is 39.4 Å². The molecule has 0 aliphatic rings. The van der Waals surface area contributed by atoms with Gasteiger partial charge in [0, 0.05) is 5.88 Å². The topological polar surface area (TPSA) is 54.4 Å². The van der Waals surface area contributed by atoms with Gasteiger partial charge in [-0.3, -0.25) is 4.55 Å². The number of hydrogen-bond acceptors (Lipinski definition) is 2. The summed E-state index contributed by atoms with van der Waals surface area (Å²) < 4.78 is 28.1. The molecule has 0 aliphatic carbocycles. The van der Waals surface area contributed by atoms with Crippen molar-refractivity contribution in [3.05, 3.63) is 0 Å². The van der Waals surface area contributed by atoms with Gasteiger partial charge in [0.05, 0.1) is 5.38 Å². The first kappa shape index (κ1) is 13.8. The smallest absolute Gasteiger partial charge is 0.283 e. The van der Waals surface area contributed by atoms with Crippen LogP contribution in [0.25, 0.3) is 0 Å². The average molecular weight is 270 g/mol. The van der Waals surface area contributed by atoms with Gasteiger partial charge in [0.2, 0.25) is 0 Å². The Morgan fingerprint density at radius 3 is 2.15 bits per heavy atom. The third kappa shape index (κ3) is 5.96. The summed E-state index contributed by atoms with van der Waals surface area (Å²) in [6.45, 7) is 0. The molecule has 0 aromatic heterocycles. The highest BCUT2D eigenvalue weighted by Crippen LogP contribution is 2.20. The molecule has 7 heteroatoms. The number of unbranched alkanes of at least 4 members (excludes halogenated alkanes) is 1. The van der Waals surface area contributed by atoms with Gasteiger partial charge in [-0.15, -0.1) is 34.8 Å². The molecule has 0 heterocycles. The van der Waals surface area contributed by atoms with Gasteiger partial charge in [-0.1, -0.05) is 6.42 Å². The van der Waals surface area contributed by atoms with Crippen LogP contribution in [0.2, 0.25) is 0 Å². The second kappa shape index (κ2) is 6.30. The maximum Gasteiger partial charge on any atom is 0.283 e. The van der Waals surface area contributed by atoms with E-state index in [1.807, 2.05) is 0 Å². The van der Waals surface area contributed by atoms with Crippen molar-refractivity contribution >= 4 is 44.9 Å². The summed E-state index contributed by atoms with van der Waals surface area (Å²) in [5.41, 5.74) is 0. The van der Waals surface area contributed by atoms with Gasteiger partial charge in [0.1, 0.15) is 0 Å². The van der Waals surface area contributed by atoms with Crippen LogP contribution in [-0.4, -0.2) is 28.9 Å². The maximum absolute atomic E-state index is 10.5. The molecule has 0 fully saturated rings. The van der Waals surface area contributed by atoms with E-state index in [-0.39, 0.29) is 0 Å². The predicted molar refractivity (Wildman–Crippen MR) is 55.4 cm³/mol. The molecule has 0 aromatic rings. The fraction of sp³-hybridized carbons (Fsp3) is 1.00. The molecule has 1 N–H and O–H groups in total. The molecule has 80 valence electrons. The first-order chi connectivity index (χ1) is 5.89. The van der Waals surface area contributed by atoms with Crippen LogP contribution in [0.15, 0.2) is 0 Å². The van der Waals surface area contributed by atoms with E-state index in [2.05, 4.69) is 0 Å². The monoisotopic (exact) mass is 268 g/mol. The fourth-order valence-electron chi connectivity index (χ4n) is 0.751.